The standard InChI is InChI=1S/C22H18ClNO6S/c1-2-29-22(28)19-15(13-7-3-5-9-16(13)23)12-31-20(19)24-18(25)11-30-17-10-6-4-8-14(17)21(26)27/h3-10,12H,2,11H2,1H3,(H,24,25)(H,26,27). The number of rotatable bonds is 8. The van der Waals surface area contributed by atoms with Gasteiger partial charge in [-0.25, -0.2) is 9.59 Å². The van der Waals surface area contributed by atoms with Crippen LogP contribution in [0.4, 0.5) is 5.00 Å². The van der Waals surface area contributed by atoms with E-state index in [1.165, 1.54) is 12.1 Å². The van der Waals surface area contributed by atoms with Crippen LogP contribution in [0.15, 0.2) is 53.9 Å². The Hall–Kier alpha value is -3.36. The molecule has 1 aromatic heterocycles. The zero-order chi connectivity index (χ0) is 22.4. The molecule has 0 atom stereocenters. The van der Waals surface area contributed by atoms with E-state index in [4.69, 9.17) is 21.1 Å². The van der Waals surface area contributed by atoms with Crippen molar-refractivity contribution in [2.75, 3.05) is 18.5 Å². The summed E-state index contributed by atoms with van der Waals surface area (Å²) >= 11 is 7.43. The van der Waals surface area contributed by atoms with Crippen LogP contribution in [0.25, 0.3) is 11.1 Å². The number of hydrogen-bond acceptors (Lipinski definition) is 6. The van der Waals surface area contributed by atoms with Crippen LogP contribution in [0.2, 0.25) is 5.02 Å². The number of thiophene rings is 1. The maximum absolute atomic E-state index is 12.6. The fourth-order valence-corrected chi connectivity index (χ4v) is 4.01. The second kappa shape index (κ2) is 10.1. The first-order valence-corrected chi connectivity index (χ1v) is 10.5. The van der Waals surface area contributed by atoms with Crippen LogP contribution >= 0.6 is 22.9 Å². The summed E-state index contributed by atoms with van der Waals surface area (Å²) in [5.74, 6) is -2.24. The van der Waals surface area contributed by atoms with E-state index >= 15 is 0 Å². The fourth-order valence-electron chi connectivity index (χ4n) is 2.81. The molecule has 0 aliphatic carbocycles. The highest BCUT2D eigenvalue weighted by Crippen LogP contribution is 2.39. The third kappa shape index (κ3) is 5.22. The van der Waals surface area contributed by atoms with Gasteiger partial charge in [-0.3, -0.25) is 4.79 Å². The van der Waals surface area contributed by atoms with Crippen molar-refractivity contribution in [1.29, 1.82) is 0 Å². The molecule has 0 bridgehead atoms. The number of carboxylic acids is 1. The quantitative estimate of drug-likeness (QED) is 0.461. The van der Waals surface area contributed by atoms with Gasteiger partial charge in [-0.15, -0.1) is 11.3 Å². The largest absolute Gasteiger partial charge is 0.483 e. The average Bonchev–Trinajstić information content (AvgIpc) is 3.16. The van der Waals surface area contributed by atoms with Crippen molar-refractivity contribution in [3.05, 3.63) is 70.1 Å². The molecule has 0 saturated heterocycles. The first kappa shape index (κ1) is 22.3. The monoisotopic (exact) mass is 459 g/mol. The van der Waals surface area contributed by atoms with E-state index in [0.29, 0.717) is 16.1 Å². The molecule has 0 aliphatic rings. The molecule has 1 heterocycles. The molecule has 7 nitrogen and oxygen atoms in total. The summed E-state index contributed by atoms with van der Waals surface area (Å²) in [6.07, 6.45) is 0. The van der Waals surface area contributed by atoms with E-state index in [1.807, 2.05) is 0 Å². The number of halogens is 1. The molecular weight excluding hydrogens is 442 g/mol. The van der Waals surface area contributed by atoms with Crippen LogP contribution in [0.5, 0.6) is 5.75 Å². The van der Waals surface area contributed by atoms with E-state index in [9.17, 15) is 19.5 Å². The molecule has 1 amide bonds. The lowest BCUT2D eigenvalue weighted by Crippen LogP contribution is -2.21. The first-order chi connectivity index (χ1) is 14.9. The number of carboxylic acid groups (broad SMARTS) is 1. The Morgan fingerprint density at radius 2 is 1.77 bits per heavy atom. The van der Waals surface area contributed by atoms with Gasteiger partial charge in [0, 0.05) is 21.5 Å². The van der Waals surface area contributed by atoms with Crippen LogP contribution in [0.1, 0.15) is 27.6 Å². The van der Waals surface area contributed by atoms with Gasteiger partial charge < -0.3 is 19.9 Å². The summed E-state index contributed by atoms with van der Waals surface area (Å²) in [6.45, 7) is 1.41. The number of amides is 1. The molecule has 9 heteroatoms. The van der Waals surface area contributed by atoms with Gasteiger partial charge >= 0.3 is 11.9 Å². The zero-order valence-corrected chi connectivity index (χ0v) is 18.0. The molecular formula is C22H18ClNO6S. The lowest BCUT2D eigenvalue weighted by atomic mass is 10.0. The molecule has 0 radical (unpaired) electrons. The SMILES string of the molecule is CCOC(=O)c1c(-c2ccccc2Cl)csc1NC(=O)COc1ccccc1C(=O)O. The highest BCUT2D eigenvalue weighted by atomic mass is 35.5. The Morgan fingerprint density at radius 1 is 1.06 bits per heavy atom. The van der Waals surface area contributed by atoms with Crippen LogP contribution in [0.3, 0.4) is 0 Å². The molecule has 0 spiro atoms. The van der Waals surface area contributed by atoms with Crippen molar-refractivity contribution >= 4 is 45.8 Å². The predicted molar refractivity (Wildman–Crippen MR) is 118 cm³/mol. The third-order valence-corrected chi connectivity index (χ3v) is 5.39. The number of esters is 1. The van der Waals surface area contributed by atoms with Crippen LogP contribution in [0, 0.1) is 0 Å². The van der Waals surface area contributed by atoms with Gasteiger partial charge in [0.1, 0.15) is 21.9 Å². The Bertz CT molecular complexity index is 1130. The van der Waals surface area contributed by atoms with Gasteiger partial charge in [0.15, 0.2) is 6.61 Å². The number of carbonyl (C=O) groups is 3. The van der Waals surface area contributed by atoms with Crippen LogP contribution in [-0.4, -0.2) is 36.2 Å². The number of aromatic carboxylic acids is 1. The second-order valence-corrected chi connectivity index (χ2v) is 7.48. The average molecular weight is 460 g/mol. The maximum atomic E-state index is 12.6. The van der Waals surface area contributed by atoms with E-state index in [2.05, 4.69) is 5.32 Å². The van der Waals surface area contributed by atoms with Crippen molar-refractivity contribution in [2.24, 2.45) is 0 Å². The lowest BCUT2D eigenvalue weighted by Gasteiger charge is -2.11. The minimum Gasteiger partial charge on any atom is -0.483 e. The fraction of sp³-hybridized carbons (Fsp3) is 0.136. The van der Waals surface area contributed by atoms with Crippen molar-refractivity contribution in [3.8, 4) is 16.9 Å². The molecule has 160 valence electrons. The number of carbonyl (C=O) groups excluding carboxylic acids is 2. The van der Waals surface area contributed by atoms with E-state index in [1.54, 1.807) is 48.7 Å². The molecule has 0 fully saturated rings. The molecule has 31 heavy (non-hydrogen) atoms. The van der Waals surface area contributed by atoms with Gasteiger partial charge in [-0.1, -0.05) is 41.9 Å². The van der Waals surface area contributed by atoms with Gasteiger partial charge in [0.05, 0.1) is 6.61 Å². The van der Waals surface area contributed by atoms with E-state index in [0.717, 1.165) is 11.3 Å². The highest BCUT2D eigenvalue weighted by Gasteiger charge is 2.24. The Kier molecular flexibility index (Phi) is 7.28. The van der Waals surface area contributed by atoms with Crippen LogP contribution in [-0.2, 0) is 9.53 Å². The number of benzene rings is 2. The lowest BCUT2D eigenvalue weighted by molar-refractivity contribution is -0.118. The zero-order valence-electron chi connectivity index (χ0n) is 16.4. The summed E-state index contributed by atoms with van der Waals surface area (Å²) in [7, 11) is 0. The Balaban J connectivity index is 1.83. The van der Waals surface area contributed by atoms with Crippen molar-refractivity contribution in [2.45, 2.75) is 6.92 Å². The minimum absolute atomic E-state index is 0.0559. The molecule has 0 unspecified atom stereocenters. The van der Waals surface area contributed by atoms with E-state index in [-0.39, 0.29) is 28.5 Å². The summed E-state index contributed by atoms with van der Waals surface area (Å²) < 4.78 is 10.5. The van der Waals surface area contributed by atoms with Crippen molar-refractivity contribution < 1.29 is 29.0 Å². The summed E-state index contributed by atoms with van der Waals surface area (Å²) in [6, 6.07) is 13.0. The Morgan fingerprint density at radius 3 is 2.48 bits per heavy atom. The topological polar surface area (TPSA) is 102 Å². The van der Waals surface area contributed by atoms with Gasteiger partial charge in [-0.05, 0) is 25.1 Å². The number of nitrogens with one attached hydrogen (secondary N) is 1. The maximum Gasteiger partial charge on any atom is 0.341 e. The van der Waals surface area contributed by atoms with Crippen LogP contribution < -0.4 is 10.1 Å². The first-order valence-electron chi connectivity index (χ1n) is 9.20. The highest BCUT2D eigenvalue weighted by molar-refractivity contribution is 7.15. The number of anilines is 1. The summed E-state index contributed by atoms with van der Waals surface area (Å²) in [4.78, 5) is 36.3. The number of para-hydroxylation sites is 1. The minimum atomic E-state index is -1.16. The Labute approximate surface area is 187 Å². The predicted octanol–water partition coefficient (Wildman–Crippen LogP) is 4.96. The van der Waals surface area contributed by atoms with E-state index < -0.39 is 24.5 Å². The molecule has 3 aromatic rings. The normalized spacial score (nSPS) is 10.4. The molecule has 0 aliphatic heterocycles. The molecule has 0 saturated carbocycles. The molecule has 2 N–H and O–H groups in total. The van der Waals surface area contributed by atoms with Crippen molar-refractivity contribution in [3.63, 3.8) is 0 Å². The summed E-state index contributed by atoms with van der Waals surface area (Å²) in [5.41, 5.74) is 1.32. The van der Waals surface area contributed by atoms with Gasteiger partial charge in [-0.2, -0.15) is 0 Å². The third-order valence-electron chi connectivity index (χ3n) is 4.16. The van der Waals surface area contributed by atoms with Gasteiger partial charge in [0.2, 0.25) is 0 Å². The van der Waals surface area contributed by atoms with Crippen molar-refractivity contribution in [1.82, 2.24) is 0 Å². The molecule has 2 aromatic carbocycles. The molecule has 3 rings (SSSR count). The number of hydrogen-bond donors (Lipinski definition) is 2. The second-order valence-electron chi connectivity index (χ2n) is 6.19. The summed E-state index contributed by atoms with van der Waals surface area (Å²) in [5, 5.41) is 14.3. The smallest absolute Gasteiger partial charge is 0.341 e. The number of ether oxygens (including phenoxy) is 2. The van der Waals surface area contributed by atoms with Gasteiger partial charge in [0.25, 0.3) is 5.91 Å².